The molecule has 1 atom stereocenters. The molecule has 15 heavy (non-hydrogen) atoms. The number of Topliss-reactive ketones (excluding diaryl/α,β-unsaturated/α-hetero) is 1. The van der Waals surface area contributed by atoms with E-state index in [1.54, 1.807) is 11.8 Å². The molecule has 1 nitrogen and oxygen atoms in total. The smallest absolute Gasteiger partial charge is 0.172 e. The summed E-state index contributed by atoms with van der Waals surface area (Å²) in [5.41, 5.74) is 0.820. The van der Waals surface area contributed by atoms with Crippen LogP contribution >= 0.6 is 11.8 Å². The maximum absolute atomic E-state index is 11.8. The van der Waals surface area contributed by atoms with E-state index >= 15 is 0 Å². The fourth-order valence-electron chi connectivity index (χ4n) is 1.11. The Kier molecular flexibility index (Phi) is 4.89. The van der Waals surface area contributed by atoms with Gasteiger partial charge in [0.2, 0.25) is 0 Å². The van der Waals surface area contributed by atoms with E-state index in [0.29, 0.717) is 16.9 Å². The summed E-state index contributed by atoms with van der Waals surface area (Å²) in [6.45, 7) is 6.54. The number of benzene rings is 1. The molecule has 1 aromatic rings. The van der Waals surface area contributed by atoms with Gasteiger partial charge in [0.15, 0.2) is 5.78 Å². The van der Waals surface area contributed by atoms with E-state index in [4.69, 9.17) is 0 Å². The first-order chi connectivity index (χ1) is 7.11. The van der Waals surface area contributed by atoms with Gasteiger partial charge in [-0.1, -0.05) is 51.1 Å². The summed E-state index contributed by atoms with van der Waals surface area (Å²) in [5, 5.41) is 0.540. The standard InChI is InChI=1S/C13H18OS/c1-10(2)11(3)15-9-13(14)12-7-5-4-6-8-12/h4-8,10-11H,9H2,1-3H3. The van der Waals surface area contributed by atoms with Crippen molar-refractivity contribution in [2.24, 2.45) is 5.92 Å². The van der Waals surface area contributed by atoms with Crippen LogP contribution in [0.15, 0.2) is 30.3 Å². The zero-order valence-electron chi connectivity index (χ0n) is 9.57. The van der Waals surface area contributed by atoms with Crippen molar-refractivity contribution in [1.82, 2.24) is 0 Å². The average Bonchev–Trinajstić information content (AvgIpc) is 2.26. The Morgan fingerprint density at radius 1 is 1.20 bits per heavy atom. The molecule has 0 bridgehead atoms. The van der Waals surface area contributed by atoms with Crippen LogP contribution in [0.1, 0.15) is 31.1 Å². The van der Waals surface area contributed by atoms with E-state index in [2.05, 4.69) is 20.8 Å². The molecule has 1 unspecified atom stereocenters. The lowest BCUT2D eigenvalue weighted by molar-refractivity contribution is 0.102. The molecule has 0 aromatic heterocycles. The molecule has 0 amide bonds. The zero-order chi connectivity index (χ0) is 11.3. The monoisotopic (exact) mass is 222 g/mol. The molecule has 0 heterocycles. The predicted octanol–water partition coefficient (Wildman–Crippen LogP) is 3.65. The molecular weight excluding hydrogens is 204 g/mol. The lowest BCUT2D eigenvalue weighted by Gasteiger charge is -2.14. The highest BCUT2D eigenvalue weighted by molar-refractivity contribution is 8.00. The lowest BCUT2D eigenvalue weighted by atomic mass is 10.1. The molecule has 0 aliphatic heterocycles. The quantitative estimate of drug-likeness (QED) is 0.707. The van der Waals surface area contributed by atoms with Gasteiger partial charge in [0.05, 0.1) is 5.75 Å². The fourth-order valence-corrected chi connectivity index (χ4v) is 2.07. The number of carbonyl (C=O) groups is 1. The van der Waals surface area contributed by atoms with Gasteiger partial charge in [-0.3, -0.25) is 4.79 Å². The molecule has 0 aliphatic carbocycles. The van der Waals surface area contributed by atoms with Crippen molar-refractivity contribution in [3.63, 3.8) is 0 Å². The molecule has 0 radical (unpaired) electrons. The van der Waals surface area contributed by atoms with E-state index in [1.807, 2.05) is 30.3 Å². The molecule has 0 aliphatic rings. The molecular formula is C13H18OS. The summed E-state index contributed by atoms with van der Waals surface area (Å²) in [7, 11) is 0. The summed E-state index contributed by atoms with van der Waals surface area (Å²) in [6, 6.07) is 9.50. The van der Waals surface area contributed by atoms with Crippen molar-refractivity contribution in [3.8, 4) is 0 Å². The first-order valence-corrected chi connectivity index (χ1v) is 6.36. The minimum absolute atomic E-state index is 0.230. The SMILES string of the molecule is CC(C)C(C)SCC(=O)c1ccccc1. The Balaban J connectivity index is 2.44. The number of ketones is 1. The Labute approximate surface area is 96.3 Å². The molecule has 0 saturated heterocycles. The van der Waals surface area contributed by atoms with Crippen LogP contribution in [0.5, 0.6) is 0 Å². The summed E-state index contributed by atoms with van der Waals surface area (Å²) in [5.74, 6) is 1.44. The summed E-state index contributed by atoms with van der Waals surface area (Å²) < 4.78 is 0. The minimum Gasteiger partial charge on any atom is -0.293 e. The second kappa shape index (κ2) is 5.96. The van der Waals surface area contributed by atoms with Gasteiger partial charge >= 0.3 is 0 Å². The molecule has 1 rings (SSSR count). The highest BCUT2D eigenvalue weighted by Crippen LogP contribution is 2.19. The molecule has 1 aromatic carbocycles. The second-order valence-electron chi connectivity index (χ2n) is 4.05. The van der Waals surface area contributed by atoms with Crippen molar-refractivity contribution < 1.29 is 4.79 Å². The lowest BCUT2D eigenvalue weighted by Crippen LogP contribution is -2.10. The van der Waals surface area contributed by atoms with Gasteiger partial charge in [0, 0.05) is 10.8 Å². The van der Waals surface area contributed by atoms with Gasteiger partial charge in [-0.25, -0.2) is 0 Å². The van der Waals surface area contributed by atoms with Crippen molar-refractivity contribution in [2.45, 2.75) is 26.0 Å². The molecule has 82 valence electrons. The van der Waals surface area contributed by atoms with E-state index in [9.17, 15) is 4.79 Å². The first-order valence-electron chi connectivity index (χ1n) is 5.31. The van der Waals surface area contributed by atoms with E-state index in [1.165, 1.54) is 0 Å². The number of hydrogen-bond acceptors (Lipinski definition) is 2. The van der Waals surface area contributed by atoms with E-state index in [-0.39, 0.29) is 5.78 Å². The van der Waals surface area contributed by atoms with E-state index < -0.39 is 0 Å². The van der Waals surface area contributed by atoms with Crippen LogP contribution < -0.4 is 0 Å². The molecule has 0 N–H and O–H groups in total. The summed E-state index contributed by atoms with van der Waals surface area (Å²) in [4.78, 5) is 11.8. The summed E-state index contributed by atoms with van der Waals surface area (Å²) in [6.07, 6.45) is 0. The second-order valence-corrected chi connectivity index (χ2v) is 5.41. The predicted molar refractivity (Wildman–Crippen MR) is 67.5 cm³/mol. The maximum Gasteiger partial charge on any atom is 0.172 e. The molecule has 0 saturated carbocycles. The first kappa shape index (κ1) is 12.3. The van der Waals surface area contributed by atoms with Crippen LogP contribution in [0.3, 0.4) is 0 Å². The third-order valence-electron chi connectivity index (χ3n) is 2.51. The third-order valence-corrected chi connectivity index (χ3v) is 4.01. The fraction of sp³-hybridized carbons (Fsp3) is 0.462. The topological polar surface area (TPSA) is 17.1 Å². The van der Waals surface area contributed by atoms with E-state index in [0.717, 1.165) is 5.56 Å². The highest BCUT2D eigenvalue weighted by atomic mass is 32.2. The van der Waals surface area contributed by atoms with Crippen LogP contribution in [0.25, 0.3) is 0 Å². The Hall–Kier alpha value is -0.760. The number of thioether (sulfide) groups is 1. The molecule has 0 fully saturated rings. The van der Waals surface area contributed by atoms with Crippen molar-refractivity contribution in [3.05, 3.63) is 35.9 Å². The van der Waals surface area contributed by atoms with Crippen LogP contribution in [-0.4, -0.2) is 16.8 Å². The highest BCUT2D eigenvalue weighted by Gasteiger charge is 2.11. The maximum atomic E-state index is 11.8. The summed E-state index contributed by atoms with van der Waals surface area (Å²) >= 11 is 1.74. The molecule has 2 heteroatoms. The van der Waals surface area contributed by atoms with Gasteiger partial charge in [-0.2, -0.15) is 11.8 Å². The normalized spacial score (nSPS) is 12.8. The van der Waals surface area contributed by atoms with Gasteiger partial charge < -0.3 is 0 Å². The Bertz CT molecular complexity index is 306. The average molecular weight is 222 g/mol. The van der Waals surface area contributed by atoms with Gasteiger partial charge in [-0.15, -0.1) is 0 Å². The minimum atomic E-state index is 0.230. The van der Waals surface area contributed by atoms with Crippen molar-refractivity contribution in [2.75, 3.05) is 5.75 Å². The van der Waals surface area contributed by atoms with Gasteiger partial charge in [-0.05, 0) is 5.92 Å². The van der Waals surface area contributed by atoms with Crippen LogP contribution in [0.2, 0.25) is 0 Å². The van der Waals surface area contributed by atoms with Gasteiger partial charge in [0.25, 0.3) is 0 Å². The Morgan fingerprint density at radius 3 is 2.33 bits per heavy atom. The van der Waals surface area contributed by atoms with Crippen molar-refractivity contribution in [1.29, 1.82) is 0 Å². The number of hydrogen-bond donors (Lipinski definition) is 0. The van der Waals surface area contributed by atoms with Crippen LogP contribution in [0, 0.1) is 5.92 Å². The third kappa shape index (κ3) is 4.08. The molecule has 0 spiro atoms. The number of carbonyl (C=O) groups excluding carboxylic acids is 1. The number of rotatable bonds is 5. The van der Waals surface area contributed by atoms with Crippen molar-refractivity contribution >= 4 is 17.5 Å². The van der Waals surface area contributed by atoms with Crippen LogP contribution in [0.4, 0.5) is 0 Å². The van der Waals surface area contributed by atoms with Crippen LogP contribution in [-0.2, 0) is 0 Å². The van der Waals surface area contributed by atoms with Gasteiger partial charge in [0.1, 0.15) is 0 Å². The zero-order valence-corrected chi connectivity index (χ0v) is 10.4. The Morgan fingerprint density at radius 2 is 1.80 bits per heavy atom. The largest absolute Gasteiger partial charge is 0.293 e.